The van der Waals surface area contributed by atoms with E-state index < -0.39 is 45.2 Å². The van der Waals surface area contributed by atoms with Crippen molar-refractivity contribution in [2.75, 3.05) is 23.8 Å². The molecular weight excluding hydrogens is 851 g/mol. The maximum Gasteiger partial charge on any atom is 0.333 e. The summed E-state index contributed by atoms with van der Waals surface area (Å²) in [4.78, 5) is 72.8. The Balaban J connectivity index is 1.36. The number of ketones is 2. The second kappa shape index (κ2) is 22.0. The lowest BCUT2D eigenvalue weighted by Crippen LogP contribution is -2.13. The van der Waals surface area contributed by atoms with Crippen LogP contribution in [0.15, 0.2) is 153 Å². The lowest BCUT2D eigenvalue weighted by molar-refractivity contribution is -0.140. The molecule has 0 saturated carbocycles. The van der Waals surface area contributed by atoms with Gasteiger partial charge in [0.2, 0.25) is 21.7 Å². The number of carbonyl (C=O) groups excluding carboxylic acids is 6. The van der Waals surface area contributed by atoms with Crippen LogP contribution in [0.1, 0.15) is 26.7 Å². The number of halogens is 2. The maximum atomic E-state index is 13.5. The molecule has 0 aromatic heterocycles. The largest absolute Gasteiger partial charge is 0.462 e. The van der Waals surface area contributed by atoms with Crippen LogP contribution < -0.4 is 20.1 Å². The average Bonchev–Trinajstić information content (AvgIpc) is 3.22. The van der Waals surface area contributed by atoms with Crippen LogP contribution in [-0.4, -0.2) is 57.0 Å². The molecule has 17 heteroatoms. The monoisotopic (exact) mass is 888 g/mol. The van der Waals surface area contributed by atoms with Gasteiger partial charge in [0.1, 0.15) is 11.5 Å². The van der Waals surface area contributed by atoms with Crippen LogP contribution in [-0.2, 0) is 48.1 Å². The molecule has 0 unspecified atom stereocenters. The van der Waals surface area contributed by atoms with E-state index in [-0.39, 0.29) is 91.4 Å². The summed E-state index contributed by atoms with van der Waals surface area (Å²) in [5, 5.41) is 4.42. The van der Waals surface area contributed by atoms with Gasteiger partial charge in [-0.3, -0.25) is 19.2 Å². The van der Waals surface area contributed by atoms with E-state index in [1.165, 1.54) is 62.4 Å². The van der Waals surface area contributed by atoms with Gasteiger partial charge in [-0.25, -0.2) is 18.0 Å². The number of amides is 2. The summed E-state index contributed by atoms with van der Waals surface area (Å²) in [5.74, 6) is -3.11. The Kier molecular flexibility index (Phi) is 16.9. The number of benzene rings is 4. The first-order chi connectivity index (χ1) is 28.9. The highest BCUT2D eigenvalue weighted by molar-refractivity contribution is 7.91. The summed E-state index contributed by atoms with van der Waals surface area (Å²) in [6.07, 6.45) is 1.29. The SMILES string of the molecule is C=C(C)C(=O)OCCC(=O)/C(Cl)=C/C(=O)Nc1ccccc1Oc1ccc(S(=O)(=O)c2ccc(Oc3ccccc3NC(=O)/C=C(\Cl)C(=O)CCOC(=O)C(=C)C)cc2)cc1. The highest BCUT2D eigenvalue weighted by Gasteiger charge is 2.20. The van der Waals surface area contributed by atoms with Gasteiger partial charge in [0.05, 0.1) is 44.4 Å². The number of sulfone groups is 1. The van der Waals surface area contributed by atoms with Gasteiger partial charge in [-0.05, 0) is 86.6 Å². The molecule has 61 heavy (non-hydrogen) atoms. The standard InChI is InChI=1S/C44H38Cl2N2O12S/c1-27(2)43(53)57-23-21-37(49)33(45)25-41(51)47-35-9-5-7-11-39(35)59-29-13-17-31(18-14-29)61(55,56)32-19-15-30(16-20-32)60-40-12-8-6-10-36(40)48-42(52)26-34(46)38(50)22-24-58-44(54)28(3)4/h5-20,25-26H,1,3,21-24H2,2,4H3,(H,47,51)(H,48,52)/b33-25-,34-26-. The van der Waals surface area contributed by atoms with Crippen molar-refractivity contribution in [1.29, 1.82) is 0 Å². The smallest absolute Gasteiger partial charge is 0.333 e. The van der Waals surface area contributed by atoms with Crippen LogP contribution in [0.3, 0.4) is 0 Å². The van der Waals surface area contributed by atoms with Crippen LogP contribution >= 0.6 is 23.2 Å². The number of nitrogens with one attached hydrogen (secondary N) is 2. The quantitative estimate of drug-likeness (QED) is 0.0636. The van der Waals surface area contributed by atoms with E-state index in [1.807, 2.05) is 0 Å². The number of hydrogen-bond donors (Lipinski definition) is 2. The van der Waals surface area contributed by atoms with Crippen LogP contribution in [0, 0.1) is 0 Å². The first-order valence-corrected chi connectivity index (χ1v) is 20.3. The molecule has 0 radical (unpaired) electrons. The lowest BCUT2D eigenvalue weighted by Gasteiger charge is -2.13. The lowest BCUT2D eigenvalue weighted by atomic mass is 10.2. The van der Waals surface area contributed by atoms with Gasteiger partial charge >= 0.3 is 11.9 Å². The number of allylic oxidation sites excluding steroid dienone is 2. The van der Waals surface area contributed by atoms with Gasteiger partial charge in [0, 0.05) is 36.1 Å². The van der Waals surface area contributed by atoms with E-state index in [9.17, 15) is 37.2 Å². The van der Waals surface area contributed by atoms with Gasteiger partial charge in [-0.1, -0.05) is 60.6 Å². The first-order valence-electron chi connectivity index (χ1n) is 18.0. The molecule has 0 aliphatic heterocycles. The molecular formula is C44H38Cl2N2O12S. The molecule has 0 fully saturated rings. The van der Waals surface area contributed by atoms with Crippen molar-refractivity contribution in [3.8, 4) is 23.0 Å². The molecule has 2 amide bonds. The number of ether oxygens (including phenoxy) is 4. The Hall–Kier alpha value is -6.81. The topological polar surface area (TPSA) is 198 Å². The average molecular weight is 890 g/mol. The van der Waals surface area contributed by atoms with Crippen molar-refractivity contribution in [1.82, 2.24) is 0 Å². The molecule has 0 saturated heterocycles. The van der Waals surface area contributed by atoms with Crippen molar-refractivity contribution < 1.29 is 56.1 Å². The number of carbonyl (C=O) groups is 6. The van der Waals surface area contributed by atoms with E-state index in [0.717, 1.165) is 12.2 Å². The van der Waals surface area contributed by atoms with Crippen molar-refractivity contribution in [3.63, 3.8) is 0 Å². The summed E-state index contributed by atoms with van der Waals surface area (Å²) in [5.41, 5.74) is 0.800. The Labute approximate surface area is 361 Å². The molecule has 0 heterocycles. The molecule has 0 atom stereocenters. The van der Waals surface area contributed by atoms with Crippen LogP contribution in [0.2, 0.25) is 0 Å². The third-order valence-electron chi connectivity index (χ3n) is 7.88. The van der Waals surface area contributed by atoms with Gasteiger partial charge in [-0.2, -0.15) is 0 Å². The van der Waals surface area contributed by atoms with Crippen LogP contribution in [0.25, 0.3) is 0 Å². The number of esters is 2. The molecule has 4 rings (SSSR count). The molecule has 4 aromatic rings. The summed E-state index contributed by atoms with van der Waals surface area (Å²) >= 11 is 12.0. The highest BCUT2D eigenvalue weighted by Crippen LogP contribution is 2.33. The summed E-state index contributed by atoms with van der Waals surface area (Å²) in [7, 11) is -4.01. The van der Waals surface area contributed by atoms with Gasteiger partial charge in [0.25, 0.3) is 0 Å². The third-order valence-corrected chi connectivity index (χ3v) is 10.3. The minimum Gasteiger partial charge on any atom is -0.462 e. The van der Waals surface area contributed by atoms with E-state index in [0.29, 0.717) is 0 Å². The fourth-order valence-corrected chi connectivity index (χ4v) is 6.42. The molecule has 0 aliphatic rings. The van der Waals surface area contributed by atoms with Gasteiger partial charge < -0.3 is 29.6 Å². The van der Waals surface area contributed by atoms with E-state index in [2.05, 4.69) is 23.8 Å². The highest BCUT2D eigenvalue weighted by atomic mass is 35.5. The number of Topliss-reactive ketones (excluding diaryl/α,β-unsaturated/α-hetero) is 2. The fraction of sp³-hybridized carbons (Fsp3) is 0.136. The minimum atomic E-state index is -4.01. The summed E-state index contributed by atoms with van der Waals surface area (Å²) in [6, 6.07) is 23.9. The zero-order valence-electron chi connectivity index (χ0n) is 32.7. The molecule has 4 aromatic carbocycles. The van der Waals surface area contributed by atoms with Crippen LogP contribution in [0.4, 0.5) is 11.4 Å². The first kappa shape index (κ1) is 46.9. The normalized spacial score (nSPS) is 11.4. The predicted octanol–water partition coefficient (Wildman–Crippen LogP) is 8.38. The Morgan fingerprint density at radius 2 is 0.918 bits per heavy atom. The number of hydrogen-bond acceptors (Lipinski definition) is 12. The summed E-state index contributed by atoms with van der Waals surface area (Å²) < 4.78 is 48.6. The van der Waals surface area contributed by atoms with Crippen molar-refractivity contribution in [2.45, 2.75) is 36.5 Å². The maximum absolute atomic E-state index is 13.5. The van der Waals surface area contributed by atoms with E-state index in [4.69, 9.17) is 42.1 Å². The Bertz CT molecular complexity index is 2360. The predicted molar refractivity (Wildman–Crippen MR) is 227 cm³/mol. The second-order valence-electron chi connectivity index (χ2n) is 12.8. The van der Waals surface area contributed by atoms with Gasteiger partial charge in [0.15, 0.2) is 23.1 Å². The molecule has 0 aliphatic carbocycles. The third kappa shape index (κ3) is 14.2. The molecule has 0 spiro atoms. The van der Waals surface area contributed by atoms with Gasteiger partial charge in [-0.15, -0.1) is 0 Å². The zero-order chi connectivity index (χ0) is 44.7. The zero-order valence-corrected chi connectivity index (χ0v) is 35.0. The Morgan fingerprint density at radius 1 is 0.574 bits per heavy atom. The number of rotatable bonds is 20. The number of anilines is 2. The van der Waals surface area contributed by atoms with E-state index in [1.54, 1.807) is 48.5 Å². The summed E-state index contributed by atoms with van der Waals surface area (Å²) in [6.45, 7) is 9.35. The molecule has 316 valence electrons. The molecule has 14 nitrogen and oxygen atoms in total. The Morgan fingerprint density at radius 3 is 1.26 bits per heavy atom. The van der Waals surface area contributed by atoms with Crippen molar-refractivity contribution >= 4 is 79.7 Å². The second-order valence-corrected chi connectivity index (χ2v) is 15.5. The number of para-hydroxylation sites is 4. The fourth-order valence-electron chi connectivity index (χ4n) is 4.77. The van der Waals surface area contributed by atoms with Crippen LogP contribution in [0.5, 0.6) is 23.0 Å². The molecule has 0 bridgehead atoms. The minimum absolute atomic E-state index is 0.0416. The molecule has 2 N–H and O–H groups in total. The van der Waals surface area contributed by atoms with Crippen molar-refractivity contribution in [3.05, 3.63) is 144 Å². The van der Waals surface area contributed by atoms with Crippen molar-refractivity contribution in [2.24, 2.45) is 0 Å². The van der Waals surface area contributed by atoms with E-state index >= 15 is 0 Å².